The van der Waals surface area contributed by atoms with Crippen molar-refractivity contribution in [1.29, 1.82) is 0 Å². The van der Waals surface area contributed by atoms with Crippen molar-refractivity contribution < 1.29 is 9.59 Å². The van der Waals surface area contributed by atoms with E-state index in [0.29, 0.717) is 19.0 Å². The van der Waals surface area contributed by atoms with E-state index in [1.807, 2.05) is 4.90 Å². The van der Waals surface area contributed by atoms with Crippen molar-refractivity contribution in [3.8, 4) is 0 Å². The molecule has 2 aliphatic heterocycles. The Kier molecular flexibility index (Phi) is 3.38. The number of nitrogens with one attached hydrogen (secondary N) is 1. The van der Waals surface area contributed by atoms with Gasteiger partial charge in [0.15, 0.2) is 0 Å². The zero-order valence-corrected chi connectivity index (χ0v) is 10.8. The molecular weight excluding hydrogens is 218 g/mol. The van der Waals surface area contributed by atoms with Gasteiger partial charge in [0.05, 0.1) is 5.92 Å². The zero-order valence-electron chi connectivity index (χ0n) is 10.8. The number of piperazine rings is 1. The number of rotatable bonds is 1. The molecule has 0 bridgehead atoms. The first kappa shape index (κ1) is 12.4. The maximum atomic E-state index is 12.4. The maximum Gasteiger partial charge on any atom is 0.228 e. The summed E-state index contributed by atoms with van der Waals surface area (Å²) in [5.74, 6) is 0.0861. The van der Waals surface area contributed by atoms with Crippen LogP contribution in [0.2, 0.25) is 0 Å². The minimum absolute atomic E-state index is 0.0826. The van der Waals surface area contributed by atoms with E-state index in [1.165, 1.54) is 0 Å². The molecule has 0 radical (unpaired) electrons. The van der Waals surface area contributed by atoms with Crippen LogP contribution in [0.15, 0.2) is 0 Å². The number of hydrogen-bond donors (Lipinski definition) is 1. The second-order valence-corrected chi connectivity index (χ2v) is 5.19. The molecular formula is C12H21N3O2. The van der Waals surface area contributed by atoms with E-state index in [4.69, 9.17) is 0 Å². The van der Waals surface area contributed by atoms with Crippen LogP contribution >= 0.6 is 0 Å². The van der Waals surface area contributed by atoms with Crippen LogP contribution in [0.3, 0.4) is 0 Å². The molecule has 0 saturated carbocycles. The SMILES string of the molecule is CC1NCCN(C(=O)C2CC(=O)N(C)C2)C1C. The summed E-state index contributed by atoms with van der Waals surface area (Å²) in [6, 6.07) is 0.528. The number of hydrogen-bond acceptors (Lipinski definition) is 3. The average Bonchev–Trinajstić information content (AvgIpc) is 2.62. The highest BCUT2D eigenvalue weighted by Crippen LogP contribution is 2.21. The summed E-state index contributed by atoms with van der Waals surface area (Å²) in [4.78, 5) is 27.4. The standard InChI is InChI=1S/C12H21N3O2/c1-8-9(2)15(5-4-13-8)12(17)10-6-11(16)14(3)7-10/h8-10,13H,4-7H2,1-3H3. The molecule has 2 amide bonds. The fourth-order valence-corrected chi connectivity index (χ4v) is 2.63. The van der Waals surface area contributed by atoms with Crippen LogP contribution in [0.25, 0.3) is 0 Å². The lowest BCUT2D eigenvalue weighted by atomic mass is 10.0. The number of nitrogens with zero attached hydrogens (tertiary/aromatic N) is 2. The Morgan fingerprint density at radius 1 is 1.41 bits per heavy atom. The molecule has 17 heavy (non-hydrogen) atoms. The van der Waals surface area contributed by atoms with Crippen molar-refractivity contribution in [2.45, 2.75) is 32.4 Å². The molecule has 2 aliphatic rings. The molecule has 2 fully saturated rings. The minimum Gasteiger partial charge on any atom is -0.345 e. The Morgan fingerprint density at radius 3 is 2.71 bits per heavy atom. The van der Waals surface area contributed by atoms with E-state index in [0.717, 1.165) is 13.1 Å². The molecule has 2 rings (SSSR count). The number of amides is 2. The summed E-state index contributed by atoms with van der Waals surface area (Å²) < 4.78 is 0. The second-order valence-electron chi connectivity index (χ2n) is 5.19. The maximum absolute atomic E-state index is 12.4. The molecule has 5 heteroatoms. The van der Waals surface area contributed by atoms with Gasteiger partial charge in [-0.1, -0.05) is 0 Å². The first-order chi connectivity index (χ1) is 8.00. The number of carbonyl (C=O) groups is 2. The van der Waals surface area contributed by atoms with Gasteiger partial charge in [0.25, 0.3) is 0 Å². The Morgan fingerprint density at radius 2 is 2.12 bits per heavy atom. The zero-order chi connectivity index (χ0) is 12.6. The predicted molar refractivity (Wildman–Crippen MR) is 64.4 cm³/mol. The van der Waals surface area contributed by atoms with Crippen molar-refractivity contribution in [3.63, 3.8) is 0 Å². The Bertz CT molecular complexity index is 332. The van der Waals surface area contributed by atoms with Gasteiger partial charge in [-0.2, -0.15) is 0 Å². The first-order valence-electron chi connectivity index (χ1n) is 6.28. The highest BCUT2D eigenvalue weighted by atomic mass is 16.2. The molecule has 0 spiro atoms. The van der Waals surface area contributed by atoms with Gasteiger partial charge in [0, 0.05) is 45.2 Å². The normalized spacial score (nSPS) is 34.3. The van der Waals surface area contributed by atoms with Crippen molar-refractivity contribution in [2.75, 3.05) is 26.7 Å². The van der Waals surface area contributed by atoms with Gasteiger partial charge in [-0.3, -0.25) is 9.59 Å². The number of carbonyl (C=O) groups excluding carboxylic acids is 2. The van der Waals surface area contributed by atoms with Crippen LogP contribution in [0, 0.1) is 5.92 Å². The number of likely N-dealkylation sites (tertiary alicyclic amines) is 1. The monoisotopic (exact) mass is 239 g/mol. The van der Waals surface area contributed by atoms with Gasteiger partial charge in [-0.15, -0.1) is 0 Å². The fraction of sp³-hybridized carbons (Fsp3) is 0.833. The molecule has 5 nitrogen and oxygen atoms in total. The van der Waals surface area contributed by atoms with E-state index >= 15 is 0 Å². The van der Waals surface area contributed by atoms with Crippen molar-refractivity contribution in [1.82, 2.24) is 15.1 Å². The topological polar surface area (TPSA) is 52.7 Å². The van der Waals surface area contributed by atoms with E-state index in [-0.39, 0.29) is 23.8 Å². The van der Waals surface area contributed by atoms with Crippen LogP contribution < -0.4 is 5.32 Å². The van der Waals surface area contributed by atoms with Crippen molar-refractivity contribution in [3.05, 3.63) is 0 Å². The largest absolute Gasteiger partial charge is 0.345 e. The van der Waals surface area contributed by atoms with Crippen LogP contribution in [-0.4, -0.2) is 60.4 Å². The fourth-order valence-electron chi connectivity index (χ4n) is 2.63. The summed E-state index contributed by atoms with van der Waals surface area (Å²) in [6.07, 6.45) is 0.375. The molecule has 96 valence electrons. The molecule has 0 aliphatic carbocycles. The Labute approximate surface area is 102 Å². The van der Waals surface area contributed by atoms with Gasteiger partial charge in [-0.05, 0) is 13.8 Å². The van der Waals surface area contributed by atoms with Crippen LogP contribution in [0.4, 0.5) is 0 Å². The van der Waals surface area contributed by atoms with Crippen LogP contribution in [0.5, 0.6) is 0 Å². The van der Waals surface area contributed by atoms with E-state index < -0.39 is 0 Å². The smallest absolute Gasteiger partial charge is 0.228 e. The average molecular weight is 239 g/mol. The molecule has 0 aromatic rings. The molecule has 3 unspecified atom stereocenters. The van der Waals surface area contributed by atoms with Gasteiger partial charge >= 0.3 is 0 Å². The lowest BCUT2D eigenvalue weighted by molar-refractivity contribution is -0.139. The third kappa shape index (κ3) is 2.29. The predicted octanol–water partition coefficient (Wildman–Crippen LogP) is -0.326. The molecule has 2 saturated heterocycles. The van der Waals surface area contributed by atoms with Gasteiger partial charge in [0.2, 0.25) is 11.8 Å². The third-order valence-electron chi connectivity index (χ3n) is 4.01. The van der Waals surface area contributed by atoms with Gasteiger partial charge in [0.1, 0.15) is 0 Å². The minimum atomic E-state index is -0.139. The molecule has 1 N–H and O–H groups in total. The third-order valence-corrected chi connectivity index (χ3v) is 4.01. The van der Waals surface area contributed by atoms with Crippen molar-refractivity contribution >= 4 is 11.8 Å². The summed E-state index contributed by atoms with van der Waals surface area (Å²) in [7, 11) is 1.76. The first-order valence-corrected chi connectivity index (χ1v) is 6.28. The quantitative estimate of drug-likeness (QED) is 0.682. The van der Waals surface area contributed by atoms with Crippen LogP contribution in [-0.2, 0) is 9.59 Å². The Balaban J connectivity index is 2.02. The van der Waals surface area contributed by atoms with Gasteiger partial charge < -0.3 is 15.1 Å². The second kappa shape index (κ2) is 4.64. The summed E-state index contributed by atoms with van der Waals surface area (Å²) in [5.41, 5.74) is 0. The lowest BCUT2D eigenvalue weighted by Crippen LogP contribution is -2.58. The lowest BCUT2D eigenvalue weighted by Gasteiger charge is -2.39. The molecule has 3 atom stereocenters. The Hall–Kier alpha value is -1.10. The summed E-state index contributed by atoms with van der Waals surface area (Å²) in [6.45, 7) is 6.32. The van der Waals surface area contributed by atoms with Crippen LogP contribution in [0.1, 0.15) is 20.3 Å². The van der Waals surface area contributed by atoms with E-state index in [1.54, 1.807) is 11.9 Å². The highest BCUT2D eigenvalue weighted by Gasteiger charge is 2.37. The van der Waals surface area contributed by atoms with E-state index in [2.05, 4.69) is 19.2 Å². The highest BCUT2D eigenvalue weighted by molar-refractivity contribution is 5.89. The summed E-state index contributed by atoms with van der Waals surface area (Å²) in [5, 5.41) is 3.35. The summed E-state index contributed by atoms with van der Waals surface area (Å²) >= 11 is 0. The van der Waals surface area contributed by atoms with Crippen molar-refractivity contribution in [2.24, 2.45) is 5.92 Å². The van der Waals surface area contributed by atoms with Gasteiger partial charge in [-0.25, -0.2) is 0 Å². The molecule has 0 aromatic heterocycles. The molecule has 0 aromatic carbocycles. The van der Waals surface area contributed by atoms with E-state index in [9.17, 15) is 9.59 Å². The molecule has 2 heterocycles.